The highest BCUT2D eigenvalue weighted by Crippen LogP contribution is 2.59. The normalized spacial score (nSPS) is 58.0. The van der Waals surface area contributed by atoms with Gasteiger partial charge in [-0.15, -0.1) is 0 Å². The van der Waals surface area contributed by atoms with Gasteiger partial charge in [0.25, 0.3) is 0 Å². The molecule has 12 bridgehead atoms. The number of aliphatic hydroxyl groups is 3. The summed E-state index contributed by atoms with van der Waals surface area (Å²) in [6.07, 6.45) is -5.16. The molecule has 0 radical (unpaired) electrons. The predicted molar refractivity (Wildman–Crippen MR) is 261 cm³/mol. The van der Waals surface area contributed by atoms with E-state index in [-0.39, 0.29) is 86.5 Å². The third kappa shape index (κ3) is 8.69. The Bertz CT molecular complexity index is 2400. The Morgan fingerprint density at radius 2 is 1.31 bits per heavy atom. The summed E-state index contributed by atoms with van der Waals surface area (Å²) in [5.74, 6) is -6.98. The maximum atomic E-state index is 14.4. The fourth-order valence-electron chi connectivity index (χ4n) is 17.1. The number of carbonyl (C=O) groups excluding carboxylic acids is 1. The van der Waals surface area contributed by atoms with Crippen LogP contribution in [0.3, 0.4) is 0 Å². The van der Waals surface area contributed by atoms with Crippen molar-refractivity contribution in [3.8, 4) is 0 Å². The van der Waals surface area contributed by atoms with Crippen LogP contribution in [-0.4, -0.2) is 208 Å². The Morgan fingerprint density at radius 3 is 2.15 bits per heavy atom. The molecule has 30 atom stereocenters. The van der Waals surface area contributed by atoms with Gasteiger partial charge in [-0.2, -0.15) is 0 Å². The van der Waals surface area contributed by atoms with Crippen LogP contribution in [0.1, 0.15) is 129 Å². The van der Waals surface area contributed by atoms with E-state index in [4.69, 9.17) is 76.8 Å². The van der Waals surface area contributed by atoms with Gasteiger partial charge in [-0.05, 0) is 68.4 Å². The van der Waals surface area contributed by atoms with Gasteiger partial charge in [0.05, 0.1) is 117 Å². The zero-order chi connectivity index (χ0) is 53.4. The lowest BCUT2D eigenvalue weighted by molar-refractivity contribution is -0.364. The summed E-state index contributed by atoms with van der Waals surface area (Å²) in [7, 11) is 0. The molecule has 16 rings (SSSR count). The average molecular weight is 1100 g/mol. The molecular weight excluding hydrogens is 1020 g/mol. The highest BCUT2D eigenvalue weighted by atomic mass is 16.8. The molecule has 22 nitrogen and oxygen atoms in total. The maximum absolute atomic E-state index is 14.4. The smallest absolute Gasteiger partial charge is 0.308 e. The lowest BCUT2D eigenvalue weighted by atomic mass is 9.80. The minimum Gasteiger partial charge on any atom is -0.481 e. The van der Waals surface area contributed by atoms with Crippen LogP contribution in [0.25, 0.3) is 0 Å². The maximum Gasteiger partial charge on any atom is 0.308 e. The Kier molecular flexibility index (Phi) is 12.9. The fraction of sp³-hybridized carbons (Fsp3) is 0.893. The van der Waals surface area contributed by atoms with Gasteiger partial charge < -0.3 is 97.2 Å². The first kappa shape index (κ1) is 52.5. The van der Waals surface area contributed by atoms with Crippen molar-refractivity contribution in [2.75, 3.05) is 0 Å². The minimum absolute atomic E-state index is 0.00215. The second-order valence-electron chi connectivity index (χ2n) is 26.0. The Labute approximate surface area is 452 Å². The van der Waals surface area contributed by atoms with E-state index in [2.05, 4.69) is 20.1 Å². The summed E-state index contributed by atoms with van der Waals surface area (Å²) in [5.41, 5.74) is 8.57. The number of hydrogen-bond donors (Lipinski definition) is 5. The SMILES string of the molecule is C=C1C[C@@H]2CC[C@]34OC5[C@@H]6O[C@H]7CC[C@H](CC(=O)O[C@@H]8CC9OC%10C[C@]%11(C[C@@H]%12O[C@@]%13(CC[C@@H]%12O%11)CC(C)[C@@H]%11O[C@H](CC(=O)O)[C@H](O)C[C@@H]%11O%13)O[C@@H]%10C[C@@H]9O[C@H]8C[C@H]8O[C@@H](CC[C@@H]1O2)C[C@@H](N)C8=C)O[C@@H]7[C@H](O3)[C@@H]6OC5(O)[C@H]4O. The third-order valence-electron chi connectivity index (χ3n) is 20.8. The van der Waals surface area contributed by atoms with Gasteiger partial charge in [-0.3, -0.25) is 9.59 Å². The van der Waals surface area contributed by atoms with Crippen molar-refractivity contribution in [1.29, 1.82) is 0 Å². The predicted octanol–water partition coefficient (Wildman–Crippen LogP) is 2.15. The van der Waals surface area contributed by atoms with Crippen molar-refractivity contribution in [2.24, 2.45) is 11.7 Å². The van der Waals surface area contributed by atoms with E-state index in [9.17, 15) is 30.0 Å². The van der Waals surface area contributed by atoms with Gasteiger partial charge in [0.15, 0.2) is 17.7 Å². The molecule has 0 aromatic heterocycles. The summed E-state index contributed by atoms with van der Waals surface area (Å²) in [6, 6.07) is -0.328. The van der Waals surface area contributed by atoms with Crippen molar-refractivity contribution in [3.63, 3.8) is 0 Å². The second-order valence-corrected chi connectivity index (χ2v) is 26.0. The molecule has 16 aliphatic rings. The summed E-state index contributed by atoms with van der Waals surface area (Å²) in [4.78, 5) is 25.9. The summed E-state index contributed by atoms with van der Waals surface area (Å²) >= 11 is 0. The van der Waals surface area contributed by atoms with E-state index >= 15 is 0 Å². The van der Waals surface area contributed by atoms with Gasteiger partial charge in [0.2, 0.25) is 11.6 Å². The second kappa shape index (κ2) is 19.1. The number of aliphatic carboxylic acids is 1. The first-order chi connectivity index (χ1) is 37.4. The topological polar surface area (TPSA) is 280 Å². The van der Waals surface area contributed by atoms with Crippen molar-refractivity contribution in [2.45, 2.75) is 305 Å². The van der Waals surface area contributed by atoms with Crippen molar-refractivity contribution in [3.05, 3.63) is 24.3 Å². The zero-order valence-electron chi connectivity index (χ0n) is 44.2. The number of carbonyl (C=O) groups is 2. The van der Waals surface area contributed by atoms with E-state index in [1.165, 1.54) is 0 Å². The van der Waals surface area contributed by atoms with Crippen LogP contribution in [0.5, 0.6) is 0 Å². The molecule has 16 saturated heterocycles. The minimum atomic E-state index is -2.04. The van der Waals surface area contributed by atoms with Crippen LogP contribution in [0.15, 0.2) is 24.3 Å². The molecule has 16 heterocycles. The van der Waals surface area contributed by atoms with E-state index < -0.39 is 133 Å². The van der Waals surface area contributed by atoms with Crippen LogP contribution >= 0.6 is 0 Å². The van der Waals surface area contributed by atoms with Gasteiger partial charge in [-0.1, -0.05) is 20.1 Å². The van der Waals surface area contributed by atoms with Crippen LogP contribution in [0.2, 0.25) is 0 Å². The van der Waals surface area contributed by atoms with Gasteiger partial charge in [-0.25, -0.2) is 0 Å². The molecule has 22 heteroatoms. The number of nitrogens with two attached hydrogens (primary N) is 1. The number of carboxylic acids is 1. The number of esters is 1. The Morgan fingerprint density at radius 1 is 0.590 bits per heavy atom. The molecule has 6 N–H and O–H groups in total. The van der Waals surface area contributed by atoms with Gasteiger partial charge in [0.1, 0.15) is 36.6 Å². The third-order valence-corrected chi connectivity index (χ3v) is 20.8. The Hall–Kier alpha value is -2.30. The summed E-state index contributed by atoms with van der Waals surface area (Å²) < 4.78 is 100. The lowest BCUT2D eigenvalue weighted by Crippen LogP contribution is -2.63. The summed E-state index contributed by atoms with van der Waals surface area (Å²) in [5, 5.41) is 44.0. The van der Waals surface area contributed by atoms with Crippen molar-refractivity contribution < 1.29 is 101 Å². The van der Waals surface area contributed by atoms with Gasteiger partial charge >= 0.3 is 11.9 Å². The molecule has 0 aliphatic carbocycles. The molecule has 16 fully saturated rings. The van der Waals surface area contributed by atoms with Crippen LogP contribution < -0.4 is 5.73 Å². The quantitative estimate of drug-likeness (QED) is 0.196. The molecule has 0 aromatic rings. The highest BCUT2D eigenvalue weighted by molar-refractivity contribution is 5.70. The number of rotatable bonds is 2. The van der Waals surface area contributed by atoms with Crippen LogP contribution in [0, 0.1) is 5.92 Å². The monoisotopic (exact) mass is 1100 g/mol. The highest BCUT2D eigenvalue weighted by Gasteiger charge is 2.79. The number of hydrogen-bond acceptors (Lipinski definition) is 21. The summed E-state index contributed by atoms with van der Waals surface area (Å²) in [6.45, 7) is 10.9. The Balaban J connectivity index is 0.652. The molecule has 0 saturated carbocycles. The lowest BCUT2D eigenvalue weighted by Gasteiger charge is -2.53. The van der Waals surface area contributed by atoms with E-state index in [0.29, 0.717) is 96.3 Å². The van der Waals surface area contributed by atoms with Gasteiger partial charge in [0, 0.05) is 63.8 Å². The number of fused-ring (bicyclic) bond motifs is 10. The standard InChI is InChI=1S/C56H77NO21/c1-23-12-28-8-11-55-52(62)56(63)51(78-55)50-49(77-56)48(76-55)47-33(70-50)7-5-27(66-47)14-45(61)69-39-17-37-38(67-36(39)16-34-25(3)29(57)13-26(65-34)4-6-31(23)64-28)18-40-42(68-37)21-54(73-40)22-43-32(72-54)9-10-53(75-43)20-24(2)46-41(74-53)15-30(58)35(71-46)19-44(59)60/h24,26-43,46-52,58,62-63H,1,3-22,57H2,2H3,(H,59,60)/t24?,26-,27+,28-,29+,30+,31-,32-,33-,34+,35+,36-,37?,38-,39+,40+,41-,42?,43-,46-,47-,48-,49-,50+,51?,52-,53-,54+,55+,56?/m0/s1. The molecule has 5 unspecified atom stereocenters. The molecule has 432 valence electrons. The van der Waals surface area contributed by atoms with Crippen LogP contribution in [-0.2, 0) is 80.6 Å². The molecule has 3 spiro atoms. The van der Waals surface area contributed by atoms with Crippen LogP contribution in [0.4, 0.5) is 0 Å². The first-order valence-corrected chi connectivity index (χ1v) is 29.4. The zero-order valence-corrected chi connectivity index (χ0v) is 44.2. The van der Waals surface area contributed by atoms with Crippen molar-refractivity contribution in [1.82, 2.24) is 0 Å². The number of carboxylic acid groups (broad SMARTS) is 1. The van der Waals surface area contributed by atoms with E-state index in [0.717, 1.165) is 11.1 Å². The average Bonchev–Trinajstić information content (AvgIpc) is 4.14. The molecule has 78 heavy (non-hydrogen) atoms. The van der Waals surface area contributed by atoms with Crippen molar-refractivity contribution >= 4 is 11.9 Å². The number of aliphatic hydroxyl groups excluding tert-OH is 2. The first-order valence-electron chi connectivity index (χ1n) is 29.4. The molecule has 16 aliphatic heterocycles. The molecule has 0 amide bonds. The molecule has 0 aromatic carbocycles. The largest absolute Gasteiger partial charge is 0.481 e. The van der Waals surface area contributed by atoms with E-state index in [1.807, 2.05) is 0 Å². The molecular formula is C56H77NO21. The van der Waals surface area contributed by atoms with E-state index in [1.54, 1.807) is 0 Å². The fourth-order valence-corrected chi connectivity index (χ4v) is 17.1. The number of ether oxygens (including phenoxy) is 15.